The first kappa shape index (κ1) is 37.2. The van der Waals surface area contributed by atoms with Crippen LogP contribution < -0.4 is 39.3 Å². The Morgan fingerprint density at radius 2 is 1.66 bits per heavy atom. The Morgan fingerprint density at radius 3 is 2.27 bits per heavy atom. The number of hydrogen-bond donors (Lipinski definition) is 12. The molecule has 0 radical (unpaired) electrons. The van der Waals surface area contributed by atoms with E-state index in [-0.39, 0.29) is 25.1 Å². The van der Waals surface area contributed by atoms with Gasteiger partial charge in [-0.25, -0.2) is 8.78 Å². The highest BCUT2D eigenvalue weighted by atomic mass is 19.3. The molecule has 2 unspecified atom stereocenters. The first-order chi connectivity index (χ1) is 20.8. The third-order valence-corrected chi connectivity index (χ3v) is 8.29. The fourth-order valence-electron chi connectivity index (χ4n) is 5.58. The average Bonchev–Trinajstić information content (AvgIpc) is 3.01. The molecule has 2 heterocycles. The lowest BCUT2D eigenvalue weighted by Crippen LogP contribution is -2.69. The van der Waals surface area contributed by atoms with Crippen molar-refractivity contribution in [1.82, 2.24) is 10.6 Å². The predicted octanol–water partition coefficient (Wildman–Crippen LogP) is -6.17. The van der Waals surface area contributed by atoms with Gasteiger partial charge in [0.2, 0.25) is 0 Å². The van der Waals surface area contributed by atoms with Gasteiger partial charge in [-0.2, -0.15) is 0 Å². The number of amides is 1. The number of carbonyl (C=O) groups excluding carboxylic acids is 1. The Morgan fingerprint density at radius 1 is 0.977 bits per heavy atom. The van der Waals surface area contributed by atoms with Gasteiger partial charge in [-0.1, -0.05) is 0 Å². The van der Waals surface area contributed by atoms with Crippen LogP contribution >= 0.6 is 0 Å². The van der Waals surface area contributed by atoms with Crippen molar-refractivity contribution in [2.75, 3.05) is 32.8 Å². The van der Waals surface area contributed by atoms with Crippen LogP contribution in [0.5, 0.6) is 0 Å². The van der Waals surface area contributed by atoms with Crippen LogP contribution in [0.3, 0.4) is 0 Å². The smallest absolute Gasteiger partial charge is 0.294 e. The Kier molecular flexibility index (Phi) is 14.0. The molecule has 17 nitrogen and oxygen atoms in total. The molecule has 14 atom stereocenters. The van der Waals surface area contributed by atoms with Gasteiger partial charge in [0.05, 0.1) is 37.4 Å². The maximum atomic E-state index is 14.0. The Balaban J connectivity index is 1.87. The Labute approximate surface area is 253 Å². The largest absolute Gasteiger partial charge is 0.394 e. The van der Waals surface area contributed by atoms with Crippen LogP contribution in [0.1, 0.15) is 25.7 Å². The fourth-order valence-corrected chi connectivity index (χ4v) is 5.58. The van der Waals surface area contributed by atoms with E-state index in [1.807, 2.05) is 0 Å². The van der Waals surface area contributed by atoms with Gasteiger partial charge < -0.3 is 83.8 Å². The zero-order chi connectivity index (χ0) is 32.8. The molecule has 19 heteroatoms. The summed E-state index contributed by atoms with van der Waals surface area (Å²) in [7, 11) is 0. The van der Waals surface area contributed by atoms with Crippen LogP contribution in [0.2, 0.25) is 0 Å². The summed E-state index contributed by atoms with van der Waals surface area (Å²) in [4.78, 5) is 12.6. The minimum atomic E-state index is -3.97. The molecule has 0 aromatic rings. The predicted molar refractivity (Wildman–Crippen MR) is 148 cm³/mol. The summed E-state index contributed by atoms with van der Waals surface area (Å²) in [5.41, 5.74) is 28.7. The standard InChI is InChI=1S/C25H49F2N7O10/c26-25(27,9-30)21(39)22(40)34-13-6-11(31)19(43-23-12(33-5-1-4-28)3-2-10(7-29)41-23)18(38)20(13)44-24-17(37)15(32)16(36)14(8-35)42-24/h10-21,23-24,33,35-39H,1-9,28-32H2,(H,34,40)/t10-,11-,12+,13+,14+,15-,16+,17+,18-,19?,20-,21?,23+,24+/m0/s1. The lowest BCUT2D eigenvalue weighted by atomic mass is 9.83. The van der Waals surface area contributed by atoms with Crippen molar-refractivity contribution >= 4 is 5.91 Å². The van der Waals surface area contributed by atoms with Crippen molar-refractivity contribution in [2.24, 2.45) is 28.7 Å². The number of halogens is 2. The SMILES string of the molecule is NCCCN[C@@H]1CC[C@@H](CN)O[C@@H]1OC1[C@@H](N)C[C@@H](NC(=O)C(O)C(F)(F)CN)[C@H](O[C@H]2O[C@H](CO)[C@@H](O)[C@H](N)[C@H]2O)[C@H]1O. The molecule has 0 spiro atoms. The number of aliphatic hydroxyl groups is 5. The molecule has 1 aliphatic carbocycles. The van der Waals surface area contributed by atoms with Gasteiger partial charge in [-0.05, 0) is 38.8 Å². The summed E-state index contributed by atoms with van der Waals surface area (Å²) in [5.74, 6) is -5.49. The molecule has 17 N–H and O–H groups in total. The number of nitrogens with one attached hydrogen (secondary N) is 2. The molecule has 2 saturated heterocycles. The van der Waals surface area contributed by atoms with Gasteiger partial charge in [0.1, 0.15) is 36.6 Å². The fraction of sp³-hybridized carbons (Fsp3) is 0.960. The van der Waals surface area contributed by atoms with Gasteiger partial charge in [-0.3, -0.25) is 4.79 Å². The quantitative estimate of drug-likeness (QED) is 0.0782. The zero-order valence-electron chi connectivity index (χ0n) is 24.4. The van der Waals surface area contributed by atoms with Crippen LogP contribution in [0.25, 0.3) is 0 Å². The molecule has 0 bridgehead atoms. The number of alkyl halides is 2. The molecule has 1 saturated carbocycles. The molecule has 1 amide bonds. The van der Waals surface area contributed by atoms with Crippen molar-refractivity contribution in [1.29, 1.82) is 0 Å². The monoisotopic (exact) mass is 645 g/mol. The number of rotatable bonds is 14. The summed E-state index contributed by atoms with van der Waals surface area (Å²) < 4.78 is 51.6. The van der Waals surface area contributed by atoms with Crippen molar-refractivity contribution < 1.29 is 58.1 Å². The van der Waals surface area contributed by atoms with E-state index in [1.165, 1.54) is 0 Å². The molecule has 44 heavy (non-hydrogen) atoms. The van der Waals surface area contributed by atoms with Gasteiger partial charge in [-0.15, -0.1) is 0 Å². The van der Waals surface area contributed by atoms with Crippen molar-refractivity contribution in [3.05, 3.63) is 0 Å². The molecule has 3 rings (SSSR count). The van der Waals surface area contributed by atoms with Crippen molar-refractivity contribution in [3.63, 3.8) is 0 Å². The molecule has 3 aliphatic rings. The third kappa shape index (κ3) is 8.75. The van der Waals surface area contributed by atoms with Crippen LogP contribution in [0.4, 0.5) is 8.78 Å². The molecule has 0 aromatic carbocycles. The van der Waals surface area contributed by atoms with E-state index in [1.54, 1.807) is 0 Å². The van der Waals surface area contributed by atoms with E-state index in [9.17, 15) is 39.1 Å². The maximum absolute atomic E-state index is 14.0. The molecular weight excluding hydrogens is 596 g/mol. The third-order valence-electron chi connectivity index (χ3n) is 8.29. The van der Waals surface area contributed by atoms with Gasteiger partial charge >= 0.3 is 0 Å². The first-order valence-corrected chi connectivity index (χ1v) is 14.8. The highest BCUT2D eigenvalue weighted by Crippen LogP contribution is 2.32. The lowest BCUT2D eigenvalue weighted by molar-refractivity contribution is -0.314. The number of hydrogen-bond acceptors (Lipinski definition) is 16. The lowest BCUT2D eigenvalue weighted by Gasteiger charge is -2.48. The first-order valence-electron chi connectivity index (χ1n) is 14.8. The van der Waals surface area contributed by atoms with E-state index in [2.05, 4.69) is 10.6 Å². The normalized spacial score (nSPS) is 40.9. The van der Waals surface area contributed by atoms with E-state index >= 15 is 0 Å². The van der Waals surface area contributed by atoms with E-state index in [0.29, 0.717) is 32.4 Å². The van der Waals surface area contributed by atoms with Crippen molar-refractivity contribution in [3.8, 4) is 0 Å². The molecule has 0 aromatic heterocycles. The molecule has 258 valence electrons. The Bertz CT molecular complexity index is 900. The van der Waals surface area contributed by atoms with E-state index < -0.39 is 98.4 Å². The summed E-state index contributed by atoms with van der Waals surface area (Å²) in [6, 6.07) is -4.03. The Hall–Kier alpha value is -1.27. The topological polar surface area (TPSA) is 309 Å². The highest BCUT2D eigenvalue weighted by Gasteiger charge is 2.52. The van der Waals surface area contributed by atoms with Gasteiger partial charge in [0.15, 0.2) is 18.7 Å². The maximum Gasteiger partial charge on any atom is 0.294 e. The van der Waals surface area contributed by atoms with E-state index in [0.717, 1.165) is 0 Å². The second-order valence-electron chi connectivity index (χ2n) is 11.5. The zero-order valence-corrected chi connectivity index (χ0v) is 24.4. The van der Waals surface area contributed by atoms with Gasteiger partial charge in [0, 0.05) is 12.6 Å². The summed E-state index contributed by atoms with van der Waals surface area (Å²) >= 11 is 0. The average molecular weight is 646 g/mol. The number of aliphatic hydroxyl groups excluding tert-OH is 5. The van der Waals surface area contributed by atoms with Crippen molar-refractivity contribution in [2.45, 2.75) is 117 Å². The molecule has 3 fully saturated rings. The summed E-state index contributed by atoms with van der Waals surface area (Å²) in [6.45, 7) is -0.804. The van der Waals surface area contributed by atoms with E-state index in [4.69, 9.17) is 47.6 Å². The minimum absolute atomic E-state index is 0.208. The number of nitrogens with two attached hydrogens (primary N) is 5. The second kappa shape index (κ2) is 16.5. The van der Waals surface area contributed by atoms with Gasteiger partial charge in [0.25, 0.3) is 11.8 Å². The minimum Gasteiger partial charge on any atom is -0.394 e. The summed E-state index contributed by atoms with van der Waals surface area (Å²) in [5, 5.41) is 57.5. The van der Waals surface area contributed by atoms with Crippen LogP contribution in [-0.4, -0.2) is 156 Å². The van der Waals surface area contributed by atoms with Crippen LogP contribution in [0.15, 0.2) is 0 Å². The number of carbonyl (C=O) groups is 1. The molecule has 2 aliphatic heterocycles. The van der Waals surface area contributed by atoms with Crippen LogP contribution in [-0.2, 0) is 23.7 Å². The number of ether oxygens (including phenoxy) is 4. The van der Waals surface area contributed by atoms with Crippen LogP contribution in [0, 0.1) is 0 Å². The molecular formula is C25H49F2N7O10. The highest BCUT2D eigenvalue weighted by molar-refractivity contribution is 5.82. The second-order valence-corrected chi connectivity index (χ2v) is 11.5. The summed E-state index contributed by atoms with van der Waals surface area (Å²) in [6.07, 6.45) is -13.0.